The average Bonchev–Trinajstić information content (AvgIpc) is 0.822. The number of fused-ring (bicyclic) bond motifs is 4. The number of methoxy groups -OCH3 is 6. The summed E-state index contributed by atoms with van der Waals surface area (Å²) in [5, 5.41) is 70.0. The van der Waals surface area contributed by atoms with Gasteiger partial charge < -0.3 is 69.3 Å². The summed E-state index contributed by atoms with van der Waals surface area (Å²) in [6, 6.07) is 59.7. The molecule has 8 N–H and O–H groups in total. The standard InChI is InChI=1S/C16H10F3N2.C15H10ClN2.2C15H10FN2.3C5H12O4.C5H12O2.4Pt/c1-10-15(21-14-5-3-2-4-13(14)20-10)11-6-8-12(9-7-11)16(17,18)19;3*1-10-15(11-6-8-12(16)9-7-11)18-14-5-3-2-4-13(14)17-10;3*1-8-4(6)3-5(7)9-2;1-4(6)3-5(2)7;;;;/h2-6,8-9H,1H3;3*2-6,8-9H,1H3;3*4-7H,3H2,1-2H3;4-7H,3H2,1-2H3;;;;/q4*-1;;;;;;;;. The van der Waals surface area contributed by atoms with Crippen LogP contribution in [0, 0.1) is 63.6 Å². The molecular weight excluding hydrogens is 2220 g/mol. The van der Waals surface area contributed by atoms with Crippen LogP contribution in [0.2, 0.25) is 5.02 Å². The third kappa shape index (κ3) is 36.5. The maximum Gasteiger partial charge on any atom is 0.381 e. The van der Waals surface area contributed by atoms with Gasteiger partial charge in [-0.15, -0.1) is 131 Å². The van der Waals surface area contributed by atoms with Gasteiger partial charge in [0.25, 0.3) is 0 Å². The maximum absolute atomic E-state index is 12.9. The van der Waals surface area contributed by atoms with Gasteiger partial charge in [0.1, 0.15) is 0 Å². The molecule has 8 atom stereocenters. The van der Waals surface area contributed by atoms with Crippen LogP contribution >= 0.6 is 11.6 Å². The molecule has 0 bridgehead atoms. The second kappa shape index (κ2) is 54.2. The predicted octanol–water partition coefficient (Wildman–Crippen LogP) is 13.6. The van der Waals surface area contributed by atoms with Crippen molar-refractivity contribution in [1.82, 2.24) is 39.9 Å². The number of halogens is 6. The molecule has 12 rings (SSSR count). The minimum absolute atomic E-state index is 0. The zero-order chi connectivity index (χ0) is 80.3. The summed E-state index contributed by atoms with van der Waals surface area (Å²) in [6.07, 6.45) is -10.1. The monoisotopic (exact) mass is 2310 g/mol. The Bertz CT molecular complexity index is 4310. The summed E-state index contributed by atoms with van der Waals surface area (Å²) in [7, 11) is 8.13. The van der Waals surface area contributed by atoms with Crippen molar-refractivity contribution in [2.45, 2.75) is 123 Å². The van der Waals surface area contributed by atoms with Crippen molar-refractivity contribution in [3.05, 3.63) is 239 Å². The van der Waals surface area contributed by atoms with Crippen LogP contribution in [0.4, 0.5) is 22.0 Å². The van der Waals surface area contributed by atoms with Crippen LogP contribution in [0.15, 0.2) is 170 Å². The van der Waals surface area contributed by atoms with Crippen molar-refractivity contribution >= 4 is 55.7 Å². The number of aromatic nitrogens is 8. The largest absolute Gasteiger partial charge is 0.393 e. The van der Waals surface area contributed by atoms with Gasteiger partial charge in [-0.3, -0.25) is 48.7 Å². The number of hydrogen-bond donors (Lipinski definition) is 8. The molecular formula is C81H88ClF5N8O14Pt4-4. The van der Waals surface area contributed by atoms with E-state index in [2.05, 4.69) is 92.6 Å². The van der Waals surface area contributed by atoms with Gasteiger partial charge in [-0.1, -0.05) is 48.5 Å². The van der Waals surface area contributed by atoms with E-state index in [1.165, 1.54) is 73.0 Å². The van der Waals surface area contributed by atoms with E-state index in [1.54, 1.807) is 39.0 Å². The van der Waals surface area contributed by atoms with Crippen molar-refractivity contribution in [3.63, 3.8) is 0 Å². The van der Waals surface area contributed by atoms with Crippen molar-refractivity contribution in [1.29, 1.82) is 0 Å². The summed E-state index contributed by atoms with van der Waals surface area (Å²) < 4.78 is 90.1. The number of nitrogens with zero attached hydrogens (tertiary/aromatic N) is 8. The van der Waals surface area contributed by atoms with E-state index in [1.807, 2.05) is 130 Å². The van der Waals surface area contributed by atoms with Crippen LogP contribution in [-0.2, 0) is 119 Å². The molecule has 4 heterocycles. The van der Waals surface area contributed by atoms with E-state index in [-0.39, 0.29) is 127 Å². The molecule has 0 saturated heterocycles. The number of aliphatic hydroxyl groups is 8. The summed E-state index contributed by atoms with van der Waals surface area (Å²) >= 11 is 5.87. The van der Waals surface area contributed by atoms with Crippen LogP contribution in [0.25, 0.3) is 89.2 Å². The number of para-hydroxylation sites is 8. The third-order valence-electron chi connectivity index (χ3n) is 15.0. The van der Waals surface area contributed by atoms with Crippen LogP contribution < -0.4 is 0 Å². The molecule has 12 aromatic rings. The molecule has 0 aliphatic rings. The number of aryl methyl sites for hydroxylation is 4. The molecule has 0 fully saturated rings. The Morgan fingerprint density at radius 1 is 0.327 bits per heavy atom. The van der Waals surface area contributed by atoms with Gasteiger partial charge in [0, 0.05) is 203 Å². The Morgan fingerprint density at radius 2 is 0.549 bits per heavy atom. The number of hydrogen-bond acceptors (Lipinski definition) is 22. The molecule has 0 aliphatic heterocycles. The summed E-state index contributed by atoms with van der Waals surface area (Å²) in [5.41, 5.74) is 14.9. The SMILES string of the molecule is CC(O)CC(C)O.COC(O)CC(O)OC.COC(O)CC(O)OC.COC(O)CC(O)OC.Cc1nc2ccccc2nc1-c1[c-]cc(C(F)(F)F)cc1.Cc1nc2ccccc2nc1-c1[c-]cc(Cl)cc1.Cc1nc2ccccc2nc1-c1[c-]cc(F)cc1.Cc1nc2ccccc2nc1-c1[c-]cc(F)cc1.[Pt].[Pt].[Pt].[Pt]. The Hall–Kier alpha value is -6.75. The molecule has 0 spiro atoms. The van der Waals surface area contributed by atoms with Gasteiger partial charge in [0.15, 0.2) is 37.7 Å². The smallest absolute Gasteiger partial charge is 0.381 e. The number of benzene rings is 8. The maximum atomic E-state index is 12.9. The van der Waals surface area contributed by atoms with E-state index < -0.39 is 49.5 Å². The Kier molecular flexibility index (Phi) is 50.0. The van der Waals surface area contributed by atoms with E-state index in [0.29, 0.717) is 33.9 Å². The summed E-state index contributed by atoms with van der Waals surface area (Å²) in [4.78, 5) is 36.2. The zero-order valence-corrected chi connectivity index (χ0v) is 73.1. The van der Waals surface area contributed by atoms with Crippen LogP contribution in [0.3, 0.4) is 0 Å². The number of rotatable bonds is 18. The topological polar surface area (TPSA) is 320 Å². The summed E-state index contributed by atoms with van der Waals surface area (Å²) in [5.74, 6) is -0.602. The third-order valence-corrected chi connectivity index (χ3v) is 15.2. The van der Waals surface area contributed by atoms with Gasteiger partial charge in [-0.2, -0.15) is 13.2 Å². The number of ether oxygens (including phenoxy) is 6. The molecule has 32 heteroatoms. The molecule has 622 valence electrons. The molecule has 0 saturated carbocycles. The zero-order valence-electron chi connectivity index (χ0n) is 63.3. The Balaban J connectivity index is 0.000000660. The minimum Gasteiger partial charge on any atom is -0.393 e. The Morgan fingerprint density at radius 3 is 0.726 bits per heavy atom. The van der Waals surface area contributed by atoms with E-state index in [4.69, 9.17) is 52.5 Å². The molecule has 8 unspecified atom stereocenters. The van der Waals surface area contributed by atoms with Gasteiger partial charge in [-0.05, 0) is 107 Å². The fourth-order valence-corrected chi connectivity index (χ4v) is 9.49. The molecule has 0 radical (unpaired) electrons. The van der Waals surface area contributed by atoms with Gasteiger partial charge >= 0.3 is 6.18 Å². The predicted molar refractivity (Wildman–Crippen MR) is 404 cm³/mol. The van der Waals surface area contributed by atoms with E-state index in [0.717, 1.165) is 102 Å². The van der Waals surface area contributed by atoms with Crippen molar-refractivity contribution in [2.24, 2.45) is 0 Å². The average molecular weight is 2310 g/mol. The second-order valence-corrected chi connectivity index (χ2v) is 24.1. The first-order chi connectivity index (χ1) is 51.9. The number of aliphatic hydroxyl groups excluding tert-OH is 8. The normalized spacial score (nSPS) is 12.7. The van der Waals surface area contributed by atoms with E-state index >= 15 is 0 Å². The first-order valence-corrected chi connectivity index (χ1v) is 34.0. The minimum atomic E-state index is -4.36. The van der Waals surface area contributed by atoms with Gasteiger partial charge in [0.2, 0.25) is 0 Å². The van der Waals surface area contributed by atoms with Crippen LogP contribution in [0.5, 0.6) is 0 Å². The van der Waals surface area contributed by atoms with Crippen molar-refractivity contribution in [3.8, 4) is 45.0 Å². The van der Waals surface area contributed by atoms with Gasteiger partial charge in [0.05, 0.1) is 56.3 Å². The second-order valence-electron chi connectivity index (χ2n) is 23.6. The van der Waals surface area contributed by atoms with Crippen molar-refractivity contribution in [2.75, 3.05) is 42.7 Å². The first-order valence-electron chi connectivity index (χ1n) is 33.6. The van der Waals surface area contributed by atoms with Crippen molar-refractivity contribution < 1.29 is 175 Å². The quantitative estimate of drug-likeness (QED) is 0.0225. The first kappa shape index (κ1) is 104. The fourth-order valence-electron chi connectivity index (χ4n) is 9.37. The van der Waals surface area contributed by atoms with Crippen LogP contribution in [-0.4, -0.2) is 173 Å². The molecule has 0 aliphatic carbocycles. The molecule has 22 nitrogen and oxygen atoms in total. The Labute approximate surface area is 715 Å². The molecule has 0 amide bonds. The molecule has 4 aromatic heterocycles. The molecule has 113 heavy (non-hydrogen) atoms. The van der Waals surface area contributed by atoms with Gasteiger partial charge in [-0.25, -0.2) is 0 Å². The molecule has 8 aromatic carbocycles. The fraction of sp³-hybridized carbons (Fsp3) is 0.309. The summed E-state index contributed by atoms with van der Waals surface area (Å²) in [6.45, 7) is 10.8. The van der Waals surface area contributed by atoms with E-state index in [9.17, 15) is 22.0 Å². The van der Waals surface area contributed by atoms with Crippen LogP contribution in [0.1, 0.15) is 67.9 Å². The number of alkyl halides is 3.